The number of aryl methyl sites for hydroxylation is 1. The minimum absolute atomic E-state index is 0.0853. The minimum atomic E-state index is -4.16. The first-order valence-electron chi connectivity index (χ1n) is 11.1. The Morgan fingerprint density at radius 2 is 1.71 bits per heavy atom. The lowest BCUT2D eigenvalue weighted by Crippen LogP contribution is -2.46. The number of likely N-dealkylation sites (tertiary alicyclic amines) is 1. The Hall–Kier alpha value is -2.14. The van der Waals surface area contributed by atoms with E-state index in [2.05, 4.69) is 48.0 Å². The SMILES string of the molecule is C=C(C)c1ccc(-c2ccc(CCC3CCN(CC(C)(C)C(F)(F)F)CC3)cn2)cc1. The number of hydrogen-bond acceptors (Lipinski definition) is 2. The van der Waals surface area contributed by atoms with Crippen molar-refractivity contribution >= 4 is 5.57 Å². The molecule has 1 aromatic heterocycles. The third kappa shape index (κ3) is 6.19. The van der Waals surface area contributed by atoms with Gasteiger partial charge >= 0.3 is 6.18 Å². The Balaban J connectivity index is 1.46. The summed E-state index contributed by atoms with van der Waals surface area (Å²) in [6.45, 7) is 10.1. The average Bonchev–Trinajstić information content (AvgIpc) is 2.73. The van der Waals surface area contributed by atoms with Crippen LogP contribution in [0.3, 0.4) is 0 Å². The number of allylic oxidation sites excluding steroid dienone is 1. The van der Waals surface area contributed by atoms with Crippen LogP contribution < -0.4 is 0 Å². The predicted octanol–water partition coefficient (Wildman–Crippen LogP) is 7.01. The molecule has 0 bridgehead atoms. The molecule has 31 heavy (non-hydrogen) atoms. The van der Waals surface area contributed by atoms with Gasteiger partial charge in [-0.2, -0.15) is 13.2 Å². The molecule has 5 heteroatoms. The first-order chi connectivity index (χ1) is 14.5. The summed E-state index contributed by atoms with van der Waals surface area (Å²) in [5.74, 6) is 0.569. The van der Waals surface area contributed by atoms with Crippen molar-refractivity contribution in [1.82, 2.24) is 9.88 Å². The van der Waals surface area contributed by atoms with Crippen LogP contribution in [0.25, 0.3) is 16.8 Å². The van der Waals surface area contributed by atoms with Crippen molar-refractivity contribution in [2.45, 2.75) is 52.6 Å². The van der Waals surface area contributed by atoms with E-state index in [0.29, 0.717) is 5.92 Å². The molecule has 2 aromatic rings. The lowest BCUT2D eigenvalue weighted by molar-refractivity contribution is -0.217. The fourth-order valence-corrected chi connectivity index (χ4v) is 4.12. The molecular weight excluding hydrogens is 397 g/mol. The number of benzene rings is 1. The monoisotopic (exact) mass is 430 g/mol. The smallest absolute Gasteiger partial charge is 0.302 e. The molecule has 2 nitrogen and oxygen atoms in total. The molecule has 0 aliphatic carbocycles. The first kappa shape index (κ1) is 23.5. The molecule has 0 N–H and O–H groups in total. The molecule has 1 saturated heterocycles. The van der Waals surface area contributed by atoms with E-state index >= 15 is 0 Å². The summed E-state index contributed by atoms with van der Waals surface area (Å²) in [4.78, 5) is 6.60. The Kier molecular flexibility index (Phi) is 7.25. The Morgan fingerprint density at radius 1 is 1.06 bits per heavy atom. The molecular formula is C26H33F3N2. The highest BCUT2D eigenvalue weighted by Gasteiger charge is 2.48. The van der Waals surface area contributed by atoms with Gasteiger partial charge in [-0.25, -0.2) is 0 Å². The van der Waals surface area contributed by atoms with Gasteiger partial charge in [0.05, 0.1) is 11.1 Å². The van der Waals surface area contributed by atoms with Crippen LogP contribution in [0.4, 0.5) is 13.2 Å². The maximum atomic E-state index is 13.1. The van der Waals surface area contributed by atoms with Gasteiger partial charge in [0.15, 0.2) is 0 Å². The zero-order chi connectivity index (χ0) is 22.6. The lowest BCUT2D eigenvalue weighted by Gasteiger charge is -2.38. The summed E-state index contributed by atoms with van der Waals surface area (Å²) >= 11 is 0. The Labute approximate surface area is 184 Å². The molecule has 1 aromatic carbocycles. The van der Waals surface area contributed by atoms with E-state index in [9.17, 15) is 13.2 Å². The molecule has 1 fully saturated rings. The largest absolute Gasteiger partial charge is 0.395 e. The summed E-state index contributed by atoms with van der Waals surface area (Å²) in [5.41, 5.74) is 3.78. The second-order valence-electron chi connectivity index (χ2n) is 9.55. The van der Waals surface area contributed by atoms with E-state index in [1.54, 1.807) is 0 Å². The summed E-state index contributed by atoms with van der Waals surface area (Å²) in [6.07, 6.45) is 1.74. The summed E-state index contributed by atoms with van der Waals surface area (Å²) in [5, 5.41) is 0. The van der Waals surface area contributed by atoms with Crippen LogP contribution in [0.1, 0.15) is 51.2 Å². The quantitative estimate of drug-likeness (QED) is 0.469. The van der Waals surface area contributed by atoms with Crippen LogP contribution >= 0.6 is 0 Å². The third-order valence-electron chi connectivity index (χ3n) is 6.43. The highest BCUT2D eigenvalue weighted by Crippen LogP contribution is 2.39. The lowest BCUT2D eigenvalue weighted by atomic mass is 9.87. The van der Waals surface area contributed by atoms with Crippen molar-refractivity contribution in [3.8, 4) is 11.3 Å². The maximum Gasteiger partial charge on any atom is 0.395 e. The zero-order valence-electron chi connectivity index (χ0n) is 18.8. The van der Waals surface area contributed by atoms with Gasteiger partial charge in [-0.15, -0.1) is 0 Å². The van der Waals surface area contributed by atoms with Crippen molar-refractivity contribution in [3.05, 3.63) is 60.3 Å². The highest BCUT2D eigenvalue weighted by atomic mass is 19.4. The number of piperidine rings is 1. The van der Waals surface area contributed by atoms with Crippen molar-refractivity contribution < 1.29 is 13.2 Å². The molecule has 0 saturated carbocycles. The van der Waals surface area contributed by atoms with Gasteiger partial charge in [-0.3, -0.25) is 4.98 Å². The van der Waals surface area contributed by atoms with Crippen LogP contribution in [0, 0.1) is 11.3 Å². The van der Waals surface area contributed by atoms with E-state index in [4.69, 9.17) is 0 Å². The van der Waals surface area contributed by atoms with Crippen LogP contribution in [0.15, 0.2) is 49.2 Å². The summed E-state index contributed by atoms with van der Waals surface area (Å²) < 4.78 is 39.4. The molecule has 1 aliphatic heterocycles. The third-order valence-corrected chi connectivity index (χ3v) is 6.43. The van der Waals surface area contributed by atoms with Gasteiger partial charge in [0.1, 0.15) is 0 Å². The zero-order valence-corrected chi connectivity index (χ0v) is 18.8. The van der Waals surface area contributed by atoms with Crippen LogP contribution in [-0.2, 0) is 6.42 Å². The maximum absolute atomic E-state index is 13.1. The van der Waals surface area contributed by atoms with Crippen LogP contribution in [0.2, 0.25) is 0 Å². The highest BCUT2D eigenvalue weighted by molar-refractivity contribution is 5.66. The molecule has 0 atom stereocenters. The van der Waals surface area contributed by atoms with Crippen molar-refractivity contribution in [2.24, 2.45) is 11.3 Å². The molecule has 1 aliphatic rings. The standard InChI is InChI=1S/C26H33F3N2/c1-19(2)22-8-10-23(11-9-22)24-12-7-21(17-30-24)6-5-20-13-15-31(16-14-20)18-25(3,4)26(27,28)29/h7-12,17,20H,1,5-6,13-16,18H2,2-4H3. The molecule has 2 heterocycles. The summed E-state index contributed by atoms with van der Waals surface area (Å²) in [7, 11) is 0. The number of halogens is 3. The summed E-state index contributed by atoms with van der Waals surface area (Å²) in [6, 6.07) is 12.5. The minimum Gasteiger partial charge on any atom is -0.302 e. The van der Waals surface area contributed by atoms with Crippen molar-refractivity contribution in [1.29, 1.82) is 0 Å². The van der Waals surface area contributed by atoms with Crippen molar-refractivity contribution in [3.63, 3.8) is 0 Å². The number of aromatic nitrogens is 1. The number of alkyl halides is 3. The van der Waals surface area contributed by atoms with E-state index < -0.39 is 11.6 Å². The molecule has 3 rings (SSSR count). The second-order valence-corrected chi connectivity index (χ2v) is 9.55. The van der Waals surface area contributed by atoms with Crippen molar-refractivity contribution in [2.75, 3.05) is 19.6 Å². The van der Waals surface area contributed by atoms with E-state index in [1.165, 1.54) is 19.4 Å². The fraction of sp³-hybridized carbons (Fsp3) is 0.500. The van der Waals surface area contributed by atoms with Gasteiger partial charge < -0.3 is 4.90 Å². The Morgan fingerprint density at radius 3 is 2.23 bits per heavy atom. The van der Waals surface area contributed by atoms with Gasteiger partial charge in [-0.05, 0) is 82.7 Å². The Bertz CT molecular complexity index is 859. The molecule has 0 spiro atoms. The topological polar surface area (TPSA) is 16.1 Å². The first-order valence-corrected chi connectivity index (χ1v) is 11.1. The predicted molar refractivity (Wildman–Crippen MR) is 122 cm³/mol. The fourth-order valence-electron chi connectivity index (χ4n) is 4.12. The van der Waals surface area contributed by atoms with Gasteiger partial charge in [0, 0.05) is 18.3 Å². The number of pyridine rings is 1. The van der Waals surface area contributed by atoms with E-state index in [-0.39, 0.29) is 6.54 Å². The van der Waals surface area contributed by atoms with E-state index in [1.807, 2.05) is 18.0 Å². The normalized spacial score (nSPS) is 16.5. The van der Waals surface area contributed by atoms with Gasteiger partial charge in [-0.1, -0.05) is 42.5 Å². The molecule has 0 amide bonds. The average molecular weight is 431 g/mol. The van der Waals surface area contributed by atoms with Gasteiger partial charge in [0.2, 0.25) is 0 Å². The van der Waals surface area contributed by atoms with E-state index in [0.717, 1.165) is 61.2 Å². The molecule has 0 radical (unpaired) electrons. The second kappa shape index (κ2) is 9.56. The molecule has 0 unspecified atom stereocenters. The van der Waals surface area contributed by atoms with Crippen LogP contribution in [-0.4, -0.2) is 35.7 Å². The molecule has 168 valence electrons. The van der Waals surface area contributed by atoms with Gasteiger partial charge in [0.25, 0.3) is 0 Å². The van der Waals surface area contributed by atoms with Crippen LogP contribution in [0.5, 0.6) is 0 Å². The number of rotatable bonds is 7. The number of nitrogens with zero attached hydrogens (tertiary/aromatic N) is 2. The number of hydrogen-bond donors (Lipinski definition) is 0.